The Morgan fingerprint density at radius 1 is 1.17 bits per heavy atom. The molecule has 0 bridgehead atoms. The summed E-state index contributed by atoms with van der Waals surface area (Å²) < 4.78 is 0. The molecule has 0 radical (unpaired) electrons. The van der Waals surface area contributed by atoms with E-state index in [1.54, 1.807) is 0 Å². The Balaban J connectivity index is 1.64. The van der Waals surface area contributed by atoms with Gasteiger partial charge in [-0.1, -0.05) is 29.8 Å². The molecule has 1 aliphatic rings. The molecular formula is C16H26N2. The molecule has 1 atom stereocenters. The molecule has 2 nitrogen and oxygen atoms in total. The van der Waals surface area contributed by atoms with Gasteiger partial charge in [0.2, 0.25) is 0 Å². The molecule has 0 saturated carbocycles. The number of benzene rings is 1. The second kappa shape index (κ2) is 6.91. The van der Waals surface area contributed by atoms with E-state index in [1.807, 2.05) is 0 Å². The predicted octanol–water partition coefficient (Wildman–Crippen LogP) is 3.13. The quantitative estimate of drug-likeness (QED) is 0.776. The van der Waals surface area contributed by atoms with E-state index in [0.29, 0.717) is 6.04 Å². The molecule has 1 fully saturated rings. The highest BCUT2D eigenvalue weighted by molar-refractivity contribution is 5.23. The number of aryl methyl sites for hydroxylation is 1. The van der Waals surface area contributed by atoms with Crippen molar-refractivity contribution in [1.82, 2.24) is 10.2 Å². The topological polar surface area (TPSA) is 15.3 Å². The van der Waals surface area contributed by atoms with E-state index in [-0.39, 0.29) is 0 Å². The monoisotopic (exact) mass is 246 g/mol. The van der Waals surface area contributed by atoms with Gasteiger partial charge < -0.3 is 10.2 Å². The van der Waals surface area contributed by atoms with E-state index >= 15 is 0 Å². The fourth-order valence-corrected chi connectivity index (χ4v) is 2.60. The van der Waals surface area contributed by atoms with Crippen LogP contribution in [0.1, 0.15) is 43.4 Å². The van der Waals surface area contributed by atoms with Gasteiger partial charge in [-0.2, -0.15) is 0 Å². The Hall–Kier alpha value is -0.860. The first-order chi connectivity index (χ1) is 8.75. The van der Waals surface area contributed by atoms with Gasteiger partial charge in [0.1, 0.15) is 0 Å². The average molecular weight is 246 g/mol. The van der Waals surface area contributed by atoms with Gasteiger partial charge in [0, 0.05) is 6.04 Å². The van der Waals surface area contributed by atoms with Crippen LogP contribution < -0.4 is 5.32 Å². The Bertz CT molecular complexity index is 339. The smallest absolute Gasteiger partial charge is 0.0291 e. The van der Waals surface area contributed by atoms with Crippen LogP contribution in [0.5, 0.6) is 0 Å². The van der Waals surface area contributed by atoms with Gasteiger partial charge in [0.25, 0.3) is 0 Å². The molecule has 0 spiro atoms. The van der Waals surface area contributed by atoms with E-state index in [1.165, 1.54) is 50.0 Å². The summed E-state index contributed by atoms with van der Waals surface area (Å²) >= 11 is 0. The number of rotatable bonds is 6. The van der Waals surface area contributed by atoms with Crippen LogP contribution in [0.3, 0.4) is 0 Å². The van der Waals surface area contributed by atoms with E-state index in [0.717, 1.165) is 6.54 Å². The molecule has 2 rings (SSSR count). The maximum Gasteiger partial charge on any atom is 0.0291 e. The lowest BCUT2D eigenvalue weighted by Crippen LogP contribution is -2.26. The summed E-state index contributed by atoms with van der Waals surface area (Å²) in [5.41, 5.74) is 2.72. The average Bonchev–Trinajstić information content (AvgIpc) is 2.88. The Labute approximate surface area is 111 Å². The Morgan fingerprint density at radius 3 is 2.50 bits per heavy atom. The zero-order valence-electron chi connectivity index (χ0n) is 11.8. The summed E-state index contributed by atoms with van der Waals surface area (Å²) in [5.74, 6) is 0. The van der Waals surface area contributed by atoms with Gasteiger partial charge in [-0.25, -0.2) is 0 Å². The summed E-state index contributed by atoms with van der Waals surface area (Å²) in [6, 6.07) is 9.31. The normalized spacial score (nSPS) is 18.1. The zero-order valence-corrected chi connectivity index (χ0v) is 11.8. The second-order valence-corrected chi connectivity index (χ2v) is 5.49. The Kier molecular flexibility index (Phi) is 5.21. The van der Waals surface area contributed by atoms with Crippen molar-refractivity contribution in [3.63, 3.8) is 0 Å². The van der Waals surface area contributed by atoms with Crippen molar-refractivity contribution in [2.24, 2.45) is 0 Å². The van der Waals surface area contributed by atoms with Crippen LogP contribution in [-0.2, 0) is 0 Å². The molecule has 1 aromatic carbocycles. The van der Waals surface area contributed by atoms with Crippen molar-refractivity contribution in [2.45, 2.75) is 39.2 Å². The van der Waals surface area contributed by atoms with Crippen LogP contribution in [0.15, 0.2) is 24.3 Å². The SMILES string of the molecule is Cc1ccc(C(C)NCCCN2CCCC2)cc1. The van der Waals surface area contributed by atoms with Crippen LogP contribution in [0.4, 0.5) is 0 Å². The molecule has 0 aromatic heterocycles. The third-order valence-electron chi connectivity index (χ3n) is 3.88. The molecule has 1 unspecified atom stereocenters. The molecule has 2 heteroatoms. The molecule has 18 heavy (non-hydrogen) atoms. The third kappa shape index (κ3) is 4.11. The molecule has 1 aliphatic heterocycles. The van der Waals surface area contributed by atoms with E-state index in [9.17, 15) is 0 Å². The van der Waals surface area contributed by atoms with Crippen LogP contribution in [-0.4, -0.2) is 31.1 Å². The minimum Gasteiger partial charge on any atom is -0.310 e. The van der Waals surface area contributed by atoms with Gasteiger partial charge in [0.15, 0.2) is 0 Å². The first-order valence-corrected chi connectivity index (χ1v) is 7.28. The second-order valence-electron chi connectivity index (χ2n) is 5.49. The van der Waals surface area contributed by atoms with E-state index in [4.69, 9.17) is 0 Å². The maximum absolute atomic E-state index is 3.62. The van der Waals surface area contributed by atoms with Crippen molar-refractivity contribution in [1.29, 1.82) is 0 Å². The van der Waals surface area contributed by atoms with Crippen molar-refractivity contribution < 1.29 is 0 Å². The molecule has 1 saturated heterocycles. The van der Waals surface area contributed by atoms with Crippen LogP contribution in [0, 0.1) is 6.92 Å². The largest absolute Gasteiger partial charge is 0.310 e. The lowest BCUT2D eigenvalue weighted by atomic mass is 10.1. The molecule has 0 aliphatic carbocycles. The highest BCUT2D eigenvalue weighted by atomic mass is 15.1. The van der Waals surface area contributed by atoms with Crippen molar-refractivity contribution in [3.05, 3.63) is 35.4 Å². The number of nitrogens with zero attached hydrogens (tertiary/aromatic N) is 1. The highest BCUT2D eigenvalue weighted by Crippen LogP contribution is 2.13. The van der Waals surface area contributed by atoms with Gasteiger partial charge in [-0.15, -0.1) is 0 Å². The summed E-state index contributed by atoms with van der Waals surface area (Å²) in [4.78, 5) is 2.58. The molecule has 0 amide bonds. The van der Waals surface area contributed by atoms with Gasteiger partial charge in [-0.3, -0.25) is 0 Å². The van der Waals surface area contributed by atoms with Crippen LogP contribution in [0.2, 0.25) is 0 Å². The van der Waals surface area contributed by atoms with E-state index < -0.39 is 0 Å². The Morgan fingerprint density at radius 2 is 1.83 bits per heavy atom. The molecule has 1 N–H and O–H groups in total. The van der Waals surface area contributed by atoms with Crippen LogP contribution in [0.25, 0.3) is 0 Å². The first kappa shape index (κ1) is 13.6. The van der Waals surface area contributed by atoms with Gasteiger partial charge in [0.05, 0.1) is 0 Å². The summed E-state index contributed by atoms with van der Waals surface area (Å²) in [7, 11) is 0. The number of nitrogens with one attached hydrogen (secondary N) is 1. The molecular weight excluding hydrogens is 220 g/mol. The third-order valence-corrected chi connectivity index (χ3v) is 3.88. The van der Waals surface area contributed by atoms with Crippen molar-refractivity contribution >= 4 is 0 Å². The molecule has 1 aromatic rings. The lowest BCUT2D eigenvalue weighted by Gasteiger charge is -2.17. The summed E-state index contributed by atoms with van der Waals surface area (Å²) in [5, 5.41) is 3.62. The minimum atomic E-state index is 0.462. The lowest BCUT2D eigenvalue weighted by molar-refractivity contribution is 0.328. The number of likely N-dealkylation sites (tertiary alicyclic amines) is 1. The predicted molar refractivity (Wildman–Crippen MR) is 77.9 cm³/mol. The number of hydrogen-bond donors (Lipinski definition) is 1. The zero-order chi connectivity index (χ0) is 12.8. The fraction of sp³-hybridized carbons (Fsp3) is 0.625. The van der Waals surface area contributed by atoms with Gasteiger partial charge in [-0.05, 0) is 64.9 Å². The molecule has 1 heterocycles. The van der Waals surface area contributed by atoms with Crippen LogP contribution >= 0.6 is 0 Å². The van der Waals surface area contributed by atoms with Gasteiger partial charge >= 0.3 is 0 Å². The maximum atomic E-state index is 3.62. The first-order valence-electron chi connectivity index (χ1n) is 7.28. The van der Waals surface area contributed by atoms with Crippen molar-refractivity contribution in [3.8, 4) is 0 Å². The minimum absolute atomic E-state index is 0.462. The summed E-state index contributed by atoms with van der Waals surface area (Å²) in [6.45, 7) is 9.39. The standard InChI is InChI=1S/C16H26N2/c1-14-6-8-16(9-7-14)15(2)17-10-5-13-18-11-3-4-12-18/h6-9,15,17H,3-5,10-13H2,1-2H3. The van der Waals surface area contributed by atoms with E-state index in [2.05, 4.69) is 48.3 Å². The van der Waals surface area contributed by atoms with Crippen molar-refractivity contribution in [2.75, 3.05) is 26.2 Å². The highest BCUT2D eigenvalue weighted by Gasteiger charge is 2.10. The summed E-state index contributed by atoms with van der Waals surface area (Å²) in [6.07, 6.45) is 4.05. The molecule has 100 valence electrons. The fourth-order valence-electron chi connectivity index (χ4n) is 2.60. The number of hydrogen-bond acceptors (Lipinski definition) is 2.